The van der Waals surface area contributed by atoms with Gasteiger partial charge in [-0.3, -0.25) is 9.97 Å². The van der Waals surface area contributed by atoms with Crippen molar-refractivity contribution in [2.45, 2.75) is 0 Å². The van der Waals surface area contributed by atoms with E-state index in [1.54, 1.807) is 36.4 Å². The first-order valence-corrected chi connectivity index (χ1v) is 8.36. The summed E-state index contributed by atoms with van der Waals surface area (Å²) in [6.07, 6.45) is 2.94. The lowest BCUT2D eigenvalue weighted by molar-refractivity contribution is 0.577. The molecule has 0 N–H and O–H groups in total. The normalized spacial score (nSPS) is 10.9. The molecule has 0 saturated heterocycles. The molecule has 0 unspecified atom stereocenters. The van der Waals surface area contributed by atoms with Gasteiger partial charge in [0, 0.05) is 46.8 Å². The highest BCUT2D eigenvalue weighted by Crippen LogP contribution is 2.35. The van der Waals surface area contributed by atoms with E-state index in [1.165, 1.54) is 24.5 Å². The molecule has 0 atom stereocenters. The Kier molecular flexibility index (Phi) is 4.61. The molecule has 2 heterocycles. The standard InChI is InChI=1S/C22H12F4N2/c23-17-11-19(25)15(21-5-1-3-7-27-21)9-13(17)14-10-16(20(26)12-18(14)24)22-6-2-4-8-28-22/h1-12H. The number of hydrogen-bond donors (Lipinski definition) is 0. The third-order valence-corrected chi connectivity index (χ3v) is 4.29. The Hall–Kier alpha value is -3.54. The van der Waals surface area contributed by atoms with Crippen LogP contribution in [0.15, 0.2) is 73.1 Å². The zero-order valence-electron chi connectivity index (χ0n) is 14.3. The van der Waals surface area contributed by atoms with Crippen molar-refractivity contribution in [3.63, 3.8) is 0 Å². The Labute approximate surface area is 158 Å². The van der Waals surface area contributed by atoms with Crippen LogP contribution in [0.5, 0.6) is 0 Å². The van der Waals surface area contributed by atoms with Gasteiger partial charge in [-0.05, 0) is 36.4 Å². The van der Waals surface area contributed by atoms with Crippen molar-refractivity contribution in [3.05, 3.63) is 96.3 Å². The van der Waals surface area contributed by atoms with Crippen LogP contribution in [0.2, 0.25) is 0 Å². The Morgan fingerprint density at radius 3 is 1.21 bits per heavy atom. The first-order chi connectivity index (χ1) is 13.5. The van der Waals surface area contributed by atoms with Crippen molar-refractivity contribution < 1.29 is 17.6 Å². The smallest absolute Gasteiger partial charge is 0.135 e. The summed E-state index contributed by atoms with van der Waals surface area (Å²) in [5, 5.41) is 0. The second kappa shape index (κ2) is 7.23. The molecule has 4 aromatic rings. The average molecular weight is 380 g/mol. The molecule has 28 heavy (non-hydrogen) atoms. The highest BCUT2D eigenvalue weighted by molar-refractivity contribution is 5.76. The second-order valence-corrected chi connectivity index (χ2v) is 6.05. The molecule has 0 aliphatic rings. The SMILES string of the molecule is Fc1cc(F)c(-c2cc(-c3ccccn3)c(F)cc2F)cc1-c1ccccn1. The maximum absolute atomic E-state index is 14.5. The number of halogens is 4. The molecule has 0 aliphatic heterocycles. The fraction of sp³-hybridized carbons (Fsp3) is 0. The fourth-order valence-electron chi connectivity index (χ4n) is 2.95. The van der Waals surface area contributed by atoms with E-state index in [-0.39, 0.29) is 33.6 Å². The molecule has 2 aromatic carbocycles. The minimum atomic E-state index is -0.963. The van der Waals surface area contributed by atoms with Crippen LogP contribution in [0.3, 0.4) is 0 Å². The van der Waals surface area contributed by atoms with Crippen LogP contribution in [0.1, 0.15) is 0 Å². The summed E-state index contributed by atoms with van der Waals surface area (Å²) in [4.78, 5) is 8.10. The first-order valence-electron chi connectivity index (χ1n) is 8.36. The van der Waals surface area contributed by atoms with Gasteiger partial charge in [-0.15, -0.1) is 0 Å². The van der Waals surface area contributed by atoms with Crippen molar-refractivity contribution in [3.8, 4) is 33.6 Å². The van der Waals surface area contributed by atoms with Gasteiger partial charge in [0.2, 0.25) is 0 Å². The van der Waals surface area contributed by atoms with Crippen LogP contribution in [0.25, 0.3) is 33.6 Å². The molecule has 0 saturated carbocycles. The summed E-state index contributed by atoms with van der Waals surface area (Å²) in [7, 11) is 0. The maximum atomic E-state index is 14.5. The van der Waals surface area contributed by atoms with E-state index in [1.807, 2.05) is 0 Å². The molecule has 0 aliphatic carbocycles. The van der Waals surface area contributed by atoms with Crippen LogP contribution in [0.4, 0.5) is 17.6 Å². The molecule has 4 rings (SSSR count). The predicted molar refractivity (Wildman–Crippen MR) is 98.2 cm³/mol. The monoisotopic (exact) mass is 380 g/mol. The van der Waals surface area contributed by atoms with Gasteiger partial charge in [0.1, 0.15) is 23.3 Å². The van der Waals surface area contributed by atoms with Crippen molar-refractivity contribution in [1.82, 2.24) is 9.97 Å². The number of rotatable bonds is 3. The van der Waals surface area contributed by atoms with E-state index in [0.717, 1.165) is 0 Å². The van der Waals surface area contributed by atoms with Crippen molar-refractivity contribution in [2.24, 2.45) is 0 Å². The quantitative estimate of drug-likeness (QED) is 0.405. The minimum absolute atomic E-state index is 0.0140. The molecule has 2 nitrogen and oxygen atoms in total. The summed E-state index contributed by atoms with van der Waals surface area (Å²) in [5.41, 5.74) is 0.177. The zero-order valence-corrected chi connectivity index (χ0v) is 14.3. The summed E-state index contributed by atoms with van der Waals surface area (Å²) >= 11 is 0. The molecule has 0 spiro atoms. The van der Waals surface area contributed by atoms with Gasteiger partial charge in [0.25, 0.3) is 0 Å². The number of benzene rings is 2. The molecular weight excluding hydrogens is 368 g/mol. The minimum Gasteiger partial charge on any atom is -0.256 e. The summed E-state index contributed by atoms with van der Waals surface area (Å²) < 4.78 is 57.6. The van der Waals surface area contributed by atoms with Crippen LogP contribution in [-0.4, -0.2) is 9.97 Å². The second-order valence-electron chi connectivity index (χ2n) is 6.05. The fourth-order valence-corrected chi connectivity index (χ4v) is 2.95. The molecule has 0 amide bonds. The highest BCUT2D eigenvalue weighted by atomic mass is 19.1. The summed E-state index contributed by atoms with van der Waals surface area (Å²) in [6.45, 7) is 0. The Morgan fingerprint density at radius 1 is 0.464 bits per heavy atom. The number of pyridine rings is 2. The van der Waals surface area contributed by atoms with Gasteiger partial charge in [-0.1, -0.05) is 12.1 Å². The van der Waals surface area contributed by atoms with Gasteiger partial charge in [-0.2, -0.15) is 0 Å². The van der Waals surface area contributed by atoms with Gasteiger partial charge in [0.05, 0.1) is 11.4 Å². The predicted octanol–water partition coefficient (Wildman–Crippen LogP) is 6.03. The summed E-state index contributed by atoms with van der Waals surface area (Å²) in [6, 6.07) is 13.4. The van der Waals surface area contributed by atoms with Crippen LogP contribution >= 0.6 is 0 Å². The highest BCUT2D eigenvalue weighted by Gasteiger charge is 2.19. The Balaban J connectivity index is 1.92. The third kappa shape index (κ3) is 3.24. The average Bonchev–Trinajstić information content (AvgIpc) is 2.70. The largest absolute Gasteiger partial charge is 0.256 e. The number of aromatic nitrogens is 2. The van der Waals surface area contributed by atoms with Gasteiger partial charge < -0.3 is 0 Å². The van der Waals surface area contributed by atoms with Crippen molar-refractivity contribution in [2.75, 3.05) is 0 Å². The van der Waals surface area contributed by atoms with E-state index >= 15 is 0 Å². The Bertz CT molecular complexity index is 1050. The van der Waals surface area contributed by atoms with E-state index in [4.69, 9.17) is 0 Å². The molecule has 0 bridgehead atoms. The van der Waals surface area contributed by atoms with E-state index in [0.29, 0.717) is 12.1 Å². The summed E-state index contributed by atoms with van der Waals surface area (Å²) in [5.74, 6) is -3.58. The Morgan fingerprint density at radius 2 is 0.857 bits per heavy atom. The lowest BCUT2D eigenvalue weighted by atomic mass is 9.97. The molecule has 6 heteroatoms. The molecule has 138 valence electrons. The van der Waals surface area contributed by atoms with Crippen LogP contribution in [0, 0.1) is 23.3 Å². The molecule has 0 fully saturated rings. The first kappa shape index (κ1) is 17.9. The van der Waals surface area contributed by atoms with Crippen molar-refractivity contribution >= 4 is 0 Å². The van der Waals surface area contributed by atoms with Gasteiger partial charge in [0.15, 0.2) is 0 Å². The number of hydrogen-bond acceptors (Lipinski definition) is 2. The molecule has 2 aromatic heterocycles. The van der Waals surface area contributed by atoms with Crippen LogP contribution in [-0.2, 0) is 0 Å². The maximum Gasteiger partial charge on any atom is 0.135 e. The molecular formula is C22H12F4N2. The van der Waals surface area contributed by atoms with E-state index in [9.17, 15) is 17.6 Å². The van der Waals surface area contributed by atoms with E-state index < -0.39 is 23.3 Å². The topological polar surface area (TPSA) is 25.8 Å². The van der Waals surface area contributed by atoms with Gasteiger partial charge >= 0.3 is 0 Å². The lowest BCUT2D eigenvalue weighted by Crippen LogP contribution is -1.97. The lowest BCUT2D eigenvalue weighted by Gasteiger charge is -2.12. The third-order valence-electron chi connectivity index (χ3n) is 4.29. The number of nitrogens with zero attached hydrogens (tertiary/aromatic N) is 2. The zero-order chi connectivity index (χ0) is 19.7. The van der Waals surface area contributed by atoms with Crippen LogP contribution < -0.4 is 0 Å². The molecule has 0 radical (unpaired) electrons. The van der Waals surface area contributed by atoms with Crippen molar-refractivity contribution in [1.29, 1.82) is 0 Å². The van der Waals surface area contributed by atoms with E-state index in [2.05, 4.69) is 9.97 Å². The van der Waals surface area contributed by atoms with Gasteiger partial charge in [-0.25, -0.2) is 17.6 Å².